The summed E-state index contributed by atoms with van der Waals surface area (Å²) < 4.78 is 1.20. The van der Waals surface area contributed by atoms with Crippen LogP contribution in [-0.4, -0.2) is 48.0 Å². The lowest BCUT2D eigenvalue weighted by atomic mass is 9.97. The number of urea groups is 1. The number of fused-ring (bicyclic) bond motifs is 1. The average Bonchev–Trinajstić information content (AvgIpc) is 3.05. The van der Waals surface area contributed by atoms with Crippen LogP contribution in [0.15, 0.2) is 24.3 Å². The molecule has 3 rings (SSSR count). The van der Waals surface area contributed by atoms with Gasteiger partial charge in [0.2, 0.25) is 5.91 Å². The molecule has 2 aromatic rings. The van der Waals surface area contributed by atoms with Gasteiger partial charge in [0.25, 0.3) is 0 Å². The summed E-state index contributed by atoms with van der Waals surface area (Å²) in [5, 5.41) is 5.90. The van der Waals surface area contributed by atoms with E-state index in [2.05, 4.69) is 21.6 Å². The molecule has 1 aliphatic rings. The van der Waals surface area contributed by atoms with Crippen LogP contribution in [0.4, 0.5) is 4.79 Å². The monoisotopic (exact) mass is 346 g/mol. The largest absolute Gasteiger partial charge is 0.341 e. The van der Waals surface area contributed by atoms with Crippen molar-refractivity contribution in [3.63, 3.8) is 0 Å². The smallest absolute Gasteiger partial charge is 0.321 e. The van der Waals surface area contributed by atoms with Gasteiger partial charge in [-0.3, -0.25) is 15.0 Å². The number of carbonyl (C=O) groups is 2. The summed E-state index contributed by atoms with van der Waals surface area (Å²) in [5.41, 5.74) is 1.04. The van der Waals surface area contributed by atoms with Crippen molar-refractivity contribution in [2.24, 2.45) is 0 Å². The van der Waals surface area contributed by atoms with Gasteiger partial charge in [-0.2, -0.15) is 0 Å². The van der Waals surface area contributed by atoms with Crippen LogP contribution in [0.1, 0.15) is 30.7 Å². The second-order valence-corrected chi connectivity index (χ2v) is 7.16. The van der Waals surface area contributed by atoms with E-state index in [1.54, 1.807) is 11.3 Å². The number of piperidine rings is 1. The molecule has 2 N–H and O–H groups in total. The van der Waals surface area contributed by atoms with Crippen LogP contribution in [0, 0.1) is 0 Å². The second kappa shape index (κ2) is 7.27. The zero-order valence-electron chi connectivity index (χ0n) is 13.9. The summed E-state index contributed by atoms with van der Waals surface area (Å²) in [6, 6.07) is 7.37. The number of para-hydroxylation sites is 1. The van der Waals surface area contributed by atoms with Crippen LogP contribution in [0.5, 0.6) is 0 Å². The van der Waals surface area contributed by atoms with Gasteiger partial charge in [-0.15, -0.1) is 11.3 Å². The Balaban J connectivity index is 1.69. The van der Waals surface area contributed by atoms with E-state index >= 15 is 0 Å². The normalized spacial score (nSPS) is 19.8. The summed E-state index contributed by atoms with van der Waals surface area (Å²) in [6.07, 6.45) is 2.11. The van der Waals surface area contributed by atoms with Crippen molar-refractivity contribution in [1.82, 2.24) is 20.5 Å². The lowest BCUT2D eigenvalue weighted by Gasteiger charge is -2.35. The molecule has 0 spiro atoms. The molecule has 0 unspecified atom stereocenters. The number of nitrogens with zero attached hydrogens (tertiary/aromatic N) is 2. The predicted octanol–water partition coefficient (Wildman–Crippen LogP) is 2.32. The van der Waals surface area contributed by atoms with Crippen molar-refractivity contribution < 1.29 is 9.59 Å². The second-order valence-electron chi connectivity index (χ2n) is 6.10. The molecule has 0 radical (unpaired) electrons. The Morgan fingerprint density at radius 1 is 1.38 bits per heavy atom. The number of thiazole rings is 1. The van der Waals surface area contributed by atoms with Gasteiger partial charge < -0.3 is 5.32 Å². The molecule has 1 saturated heterocycles. The van der Waals surface area contributed by atoms with E-state index in [9.17, 15) is 9.59 Å². The van der Waals surface area contributed by atoms with Gasteiger partial charge in [-0.1, -0.05) is 12.1 Å². The van der Waals surface area contributed by atoms with Crippen molar-refractivity contribution in [2.45, 2.75) is 31.7 Å². The van der Waals surface area contributed by atoms with Crippen molar-refractivity contribution in [3.8, 4) is 0 Å². The number of likely N-dealkylation sites (tertiary alicyclic amines) is 1. The molecule has 24 heavy (non-hydrogen) atoms. The maximum atomic E-state index is 12.2. The van der Waals surface area contributed by atoms with E-state index in [-0.39, 0.29) is 11.9 Å². The number of amides is 3. The highest BCUT2D eigenvalue weighted by atomic mass is 32.1. The third-order valence-corrected chi connectivity index (χ3v) is 5.70. The van der Waals surface area contributed by atoms with Gasteiger partial charge in [-0.05, 0) is 38.4 Å². The Morgan fingerprint density at radius 3 is 2.92 bits per heavy atom. The van der Waals surface area contributed by atoms with E-state index in [4.69, 9.17) is 4.98 Å². The molecule has 1 aliphatic heterocycles. The van der Waals surface area contributed by atoms with Gasteiger partial charge in [0, 0.05) is 19.5 Å². The lowest BCUT2D eigenvalue weighted by molar-refractivity contribution is -0.125. The number of aromatic nitrogens is 1. The standard InChI is InChI=1S/C17H22N4O2S/c1-11(15(22)20-17(23)18-2)21-9-5-6-12(10-21)16-19-13-7-3-4-8-14(13)24-16/h3-4,7-8,11-12H,5-6,9-10H2,1-2H3,(H2,18,20,22,23)/t11-,12-/m0/s1. The summed E-state index contributed by atoms with van der Waals surface area (Å²) in [5.74, 6) is 0.0747. The molecule has 7 heteroatoms. The zero-order chi connectivity index (χ0) is 17.1. The third-order valence-electron chi connectivity index (χ3n) is 4.50. The number of hydrogen-bond donors (Lipinski definition) is 2. The van der Waals surface area contributed by atoms with E-state index in [1.807, 2.05) is 25.1 Å². The van der Waals surface area contributed by atoms with Crippen molar-refractivity contribution in [1.29, 1.82) is 0 Å². The molecule has 2 atom stereocenters. The molecule has 1 aromatic heterocycles. The summed E-state index contributed by atoms with van der Waals surface area (Å²) in [6.45, 7) is 3.50. The molecule has 1 fully saturated rings. The molecule has 128 valence electrons. The Labute approximate surface area is 145 Å². The highest BCUT2D eigenvalue weighted by molar-refractivity contribution is 7.18. The Bertz CT molecular complexity index is 712. The van der Waals surface area contributed by atoms with Crippen LogP contribution in [0.2, 0.25) is 0 Å². The van der Waals surface area contributed by atoms with Gasteiger partial charge >= 0.3 is 6.03 Å². The van der Waals surface area contributed by atoms with Crippen LogP contribution in [-0.2, 0) is 4.79 Å². The lowest BCUT2D eigenvalue weighted by Crippen LogP contribution is -2.51. The van der Waals surface area contributed by atoms with E-state index in [0.29, 0.717) is 5.92 Å². The first-order valence-electron chi connectivity index (χ1n) is 8.20. The predicted molar refractivity (Wildman–Crippen MR) is 95.2 cm³/mol. The van der Waals surface area contributed by atoms with Crippen molar-refractivity contribution in [2.75, 3.05) is 20.1 Å². The Kier molecular flexibility index (Phi) is 5.11. The number of carbonyl (C=O) groups excluding carboxylic acids is 2. The SMILES string of the molecule is CNC(=O)NC(=O)[C@H](C)N1CCC[C@H](c2nc3ccccc3s2)C1. The molecule has 3 amide bonds. The Morgan fingerprint density at radius 2 is 2.17 bits per heavy atom. The van der Waals surface area contributed by atoms with E-state index < -0.39 is 6.03 Å². The van der Waals surface area contributed by atoms with Crippen LogP contribution in [0.25, 0.3) is 10.2 Å². The molecule has 0 aliphatic carbocycles. The minimum atomic E-state index is -0.466. The summed E-state index contributed by atoms with van der Waals surface area (Å²) >= 11 is 1.74. The number of imide groups is 1. The van der Waals surface area contributed by atoms with Gasteiger partial charge in [-0.25, -0.2) is 9.78 Å². The average molecular weight is 346 g/mol. The van der Waals surface area contributed by atoms with E-state index in [0.717, 1.165) is 36.5 Å². The molecule has 0 saturated carbocycles. The number of nitrogens with one attached hydrogen (secondary N) is 2. The Hall–Kier alpha value is -1.99. The summed E-state index contributed by atoms with van der Waals surface area (Å²) in [7, 11) is 1.50. The minimum absolute atomic E-state index is 0.265. The van der Waals surface area contributed by atoms with Crippen molar-refractivity contribution >= 4 is 33.5 Å². The molecular formula is C17H22N4O2S. The highest BCUT2D eigenvalue weighted by Gasteiger charge is 2.30. The van der Waals surface area contributed by atoms with Gasteiger partial charge in [0.1, 0.15) is 0 Å². The minimum Gasteiger partial charge on any atom is -0.341 e. The fourth-order valence-electron chi connectivity index (χ4n) is 3.07. The van der Waals surface area contributed by atoms with Gasteiger partial charge in [0.05, 0.1) is 21.3 Å². The van der Waals surface area contributed by atoms with E-state index in [1.165, 1.54) is 11.7 Å². The zero-order valence-corrected chi connectivity index (χ0v) is 14.7. The molecule has 0 bridgehead atoms. The quantitative estimate of drug-likeness (QED) is 0.894. The fraction of sp³-hybridized carbons (Fsp3) is 0.471. The van der Waals surface area contributed by atoms with Gasteiger partial charge in [0.15, 0.2) is 0 Å². The molecule has 2 heterocycles. The topological polar surface area (TPSA) is 74.3 Å². The maximum Gasteiger partial charge on any atom is 0.321 e. The highest BCUT2D eigenvalue weighted by Crippen LogP contribution is 2.33. The van der Waals surface area contributed by atoms with Crippen LogP contribution < -0.4 is 10.6 Å². The first kappa shape index (κ1) is 16.9. The van der Waals surface area contributed by atoms with Crippen LogP contribution >= 0.6 is 11.3 Å². The number of hydrogen-bond acceptors (Lipinski definition) is 5. The third kappa shape index (κ3) is 3.57. The molecule has 6 nitrogen and oxygen atoms in total. The summed E-state index contributed by atoms with van der Waals surface area (Å²) in [4.78, 5) is 30.4. The first-order chi connectivity index (χ1) is 11.6. The van der Waals surface area contributed by atoms with Crippen molar-refractivity contribution in [3.05, 3.63) is 29.3 Å². The van der Waals surface area contributed by atoms with Crippen LogP contribution in [0.3, 0.4) is 0 Å². The number of benzene rings is 1. The first-order valence-corrected chi connectivity index (χ1v) is 9.02. The maximum absolute atomic E-state index is 12.2. The molecular weight excluding hydrogens is 324 g/mol. The fourth-order valence-corrected chi connectivity index (χ4v) is 4.16. The molecule has 1 aromatic carbocycles. The number of rotatable bonds is 3.